The van der Waals surface area contributed by atoms with Crippen LogP contribution in [0.3, 0.4) is 0 Å². The summed E-state index contributed by atoms with van der Waals surface area (Å²) in [6, 6.07) is 3.63. The minimum Gasteiger partial charge on any atom is -0.382 e. The second-order valence-corrected chi connectivity index (χ2v) is 4.64. The van der Waals surface area contributed by atoms with Crippen LogP contribution in [0.25, 0.3) is 0 Å². The molecule has 1 N–H and O–H groups in total. The Balaban J connectivity index is 2.88. The number of ether oxygens (including phenoxy) is 1. The minimum atomic E-state index is -0.882. The fourth-order valence-electron chi connectivity index (χ4n) is 1.15. The van der Waals surface area contributed by atoms with Gasteiger partial charge in [0.25, 0.3) is 0 Å². The second kappa shape index (κ2) is 4.42. The highest BCUT2D eigenvalue weighted by Gasteiger charge is 2.28. The zero-order chi connectivity index (χ0) is 9.90. The molecule has 0 aromatic carbocycles. The molecule has 0 aliphatic rings. The maximum Gasteiger partial charge on any atom is 0.122 e. The summed E-state index contributed by atoms with van der Waals surface area (Å²) in [5, 5.41) is 10.1. The number of hydrogen-bond donors (Lipinski definition) is 1. The van der Waals surface area contributed by atoms with E-state index in [1.807, 2.05) is 13.0 Å². The molecule has 0 amide bonds. The molecule has 0 aliphatic carbocycles. The van der Waals surface area contributed by atoms with Gasteiger partial charge in [-0.3, -0.25) is 0 Å². The smallest absolute Gasteiger partial charge is 0.122 e. The number of methoxy groups -OCH3 is 1. The fraction of sp³-hybridized carbons (Fsp3) is 0.556. The normalized spacial score (nSPS) is 15.7. The second-order valence-electron chi connectivity index (χ2n) is 2.92. The third-order valence-electron chi connectivity index (χ3n) is 2.00. The van der Waals surface area contributed by atoms with E-state index in [0.29, 0.717) is 17.4 Å². The van der Waals surface area contributed by atoms with Crippen LogP contribution in [0.2, 0.25) is 4.34 Å². The lowest BCUT2D eigenvalue weighted by Gasteiger charge is -2.24. The van der Waals surface area contributed by atoms with Gasteiger partial charge in [0.15, 0.2) is 0 Å². The van der Waals surface area contributed by atoms with Crippen LogP contribution in [0.15, 0.2) is 12.1 Å². The molecule has 13 heavy (non-hydrogen) atoms. The molecular formula is C9H13ClO2S. The van der Waals surface area contributed by atoms with Crippen molar-refractivity contribution >= 4 is 22.9 Å². The molecule has 0 bridgehead atoms. The average Bonchev–Trinajstić information content (AvgIpc) is 2.52. The van der Waals surface area contributed by atoms with Gasteiger partial charge in [-0.15, -0.1) is 11.3 Å². The number of rotatable bonds is 4. The van der Waals surface area contributed by atoms with Crippen molar-refractivity contribution in [1.29, 1.82) is 0 Å². The largest absolute Gasteiger partial charge is 0.382 e. The molecule has 74 valence electrons. The van der Waals surface area contributed by atoms with Crippen molar-refractivity contribution in [3.05, 3.63) is 21.3 Å². The summed E-state index contributed by atoms with van der Waals surface area (Å²) in [4.78, 5) is 0.863. The molecule has 0 radical (unpaired) electrons. The highest BCUT2D eigenvalue weighted by Crippen LogP contribution is 2.33. The quantitative estimate of drug-likeness (QED) is 0.846. The van der Waals surface area contributed by atoms with Gasteiger partial charge in [0.1, 0.15) is 5.60 Å². The molecular weight excluding hydrogens is 208 g/mol. The van der Waals surface area contributed by atoms with E-state index in [0.717, 1.165) is 4.88 Å². The summed E-state index contributed by atoms with van der Waals surface area (Å²) in [7, 11) is 1.58. The van der Waals surface area contributed by atoms with Gasteiger partial charge in [-0.1, -0.05) is 18.5 Å². The Bertz CT molecular complexity index is 274. The minimum absolute atomic E-state index is 0.306. The van der Waals surface area contributed by atoms with E-state index in [9.17, 15) is 5.11 Å². The molecule has 2 nitrogen and oxygen atoms in total. The van der Waals surface area contributed by atoms with Crippen LogP contribution in [-0.2, 0) is 10.3 Å². The topological polar surface area (TPSA) is 29.5 Å². The Morgan fingerprint density at radius 1 is 1.62 bits per heavy atom. The Hall–Kier alpha value is -0.0900. The summed E-state index contributed by atoms with van der Waals surface area (Å²) in [6.07, 6.45) is 0.623. The molecule has 1 atom stereocenters. The molecule has 4 heteroatoms. The molecule has 0 spiro atoms. The molecule has 1 rings (SSSR count). The molecule has 1 heterocycles. The Labute approximate surface area is 87.1 Å². The van der Waals surface area contributed by atoms with Crippen LogP contribution < -0.4 is 0 Å². The van der Waals surface area contributed by atoms with E-state index >= 15 is 0 Å². The predicted molar refractivity (Wildman–Crippen MR) is 55.4 cm³/mol. The number of thiophene rings is 1. The van der Waals surface area contributed by atoms with Crippen molar-refractivity contribution in [2.75, 3.05) is 13.7 Å². The van der Waals surface area contributed by atoms with E-state index in [4.69, 9.17) is 16.3 Å². The fourth-order valence-corrected chi connectivity index (χ4v) is 2.34. The van der Waals surface area contributed by atoms with Crippen LogP contribution in [0, 0.1) is 0 Å². The van der Waals surface area contributed by atoms with Gasteiger partial charge < -0.3 is 9.84 Å². The average molecular weight is 221 g/mol. The molecule has 0 saturated heterocycles. The van der Waals surface area contributed by atoms with Gasteiger partial charge in [-0.25, -0.2) is 0 Å². The van der Waals surface area contributed by atoms with E-state index < -0.39 is 5.60 Å². The Morgan fingerprint density at radius 3 is 2.69 bits per heavy atom. The van der Waals surface area contributed by atoms with Crippen molar-refractivity contribution in [2.24, 2.45) is 0 Å². The molecule has 1 unspecified atom stereocenters. The first-order chi connectivity index (χ1) is 6.12. The zero-order valence-electron chi connectivity index (χ0n) is 7.71. The van der Waals surface area contributed by atoms with E-state index in [-0.39, 0.29) is 0 Å². The maximum atomic E-state index is 10.1. The predicted octanol–water partition coefficient (Wildman–Crippen LogP) is 2.65. The lowest BCUT2D eigenvalue weighted by molar-refractivity contribution is -0.0358. The SMILES string of the molecule is CCC(O)(COC)c1ccc(Cl)s1. The molecule has 1 aromatic heterocycles. The van der Waals surface area contributed by atoms with Gasteiger partial charge in [-0.05, 0) is 18.6 Å². The van der Waals surface area contributed by atoms with Crippen LogP contribution in [0.1, 0.15) is 18.2 Å². The first-order valence-electron chi connectivity index (χ1n) is 4.09. The van der Waals surface area contributed by atoms with Crippen molar-refractivity contribution in [1.82, 2.24) is 0 Å². The first kappa shape index (κ1) is 11.0. The third kappa shape index (κ3) is 2.44. The Morgan fingerprint density at radius 2 is 2.31 bits per heavy atom. The highest BCUT2D eigenvalue weighted by atomic mass is 35.5. The van der Waals surface area contributed by atoms with Gasteiger partial charge >= 0.3 is 0 Å². The number of hydrogen-bond acceptors (Lipinski definition) is 3. The first-order valence-corrected chi connectivity index (χ1v) is 5.29. The standard InChI is InChI=1S/C9H13ClO2S/c1-3-9(11,6-12-2)7-4-5-8(10)13-7/h4-5,11H,3,6H2,1-2H3. The van der Waals surface area contributed by atoms with Crippen LogP contribution >= 0.6 is 22.9 Å². The van der Waals surface area contributed by atoms with Crippen molar-refractivity contribution in [2.45, 2.75) is 18.9 Å². The third-order valence-corrected chi connectivity index (χ3v) is 3.42. The summed E-state index contributed by atoms with van der Waals surface area (Å²) >= 11 is 7.18. The van der Waals surface area contributed by atoms with Crippen molar-refractivity contribution < 1.29 is 9.84 Å². The zero-order valence-corrected chi connectivity index (χ0v) is 9.28. The summed E-state index contributed by atoms with van der Waals surface area (Å²) < 4.78 is 5.67. The van der Waals surface area contributed by atoms with E-state index in [1.165, 1.54) is 11.3 Å². The van der Waals surface area contributed by atoms with Crippen molar-refractivity contribution in [3.8, 4) is 0 Å². The van der Waals surface area contributed by atoms with Gasteiger partial charge in [0, 0.05) is 12.0 Å². The maximum absolute atomic E-state index is 10.1. The summed E-state index contributed by atoms with van der Waals surface area (Å²) in [5.74, 6) is 0. The Kier molecular flexibility index (Phi) is 3.74. The molecule has 0 aliphatic heterocycles. The van der Waals surface area contributed by atoms with Crippen molar-refractivity contribution in [3.63, 3.8) is 0 Å². The molecule has 0 fully saturated rings. The van der Waals surface area contributed by atoms with Gasteiger partial charge in [0.2, 0.25) is 0 Å². The lowest BCUT2D eigenvalue weighted by Crippen LogP contribution is -2.29. The van der Waals surface area contributed by atoms with Crippen LogP contribution in [0.5, 0.6) is 0 Å². The monoisotopic (exact) mass is 220 g/mol. The highest BCUT2D eigenvalue weighted by molar-refractivity contribution is 7.16. The van der Waals surface area contributed by atoms with E-state index in [2.05, 4.69) is 0 Å². The summed E-state index contributed by atoms with van der Waals surface area (Å²) in [6.45, 7) is 2.23. The van der Waals surface area contributed by atoms with Gasteiger partial charge in [-0.2, -0.15) is 0 Å². The molecule has 0 saturated carbocycles. The lowest BCUT2D eigenvalue weighted by atomic mass is 10.0. The van der Waals surface area contributed by atoms with Gasteiger partial charge in [0.05, 0.1) is 10.9 Å². The number of aliphatic hydroxyl groups is 1. The summed E-state index contributed by atoms with van der Waals surface area (Å²) in [5.41, 5.74) is -0.882. The van der Waals surface area contributed by atoms with Crippen LogP contribution in [0.4, 0.5) is 0 Å². The van der Waals surface area contributed by atoms with E-state index in [1.54, 1.807) is 13.2 Å². The van der Waals surface area contributed by atoms with Crippen LogP contribution in [-0.4, -0.2) is 18.8 Å². The molecule has 1 aromatic rings. The number of halogens is 1.